The summed E-state index contributed by atoms with van der Waals surface area (Å²) in [4.78, 5) is 18.6. The van der Waals surface area contributed by atoms with Crippen molar-refractivity contribution in [2.45, 2.75) is 50.6 Å². The van der Waals surface area contributed by atoms with E-state index < -0.39 is 0 Å². The summed E-state index contributed by atoms with van der Waals surface area (Å²) in [6, 6.07) is 0. The predicted octanol–water partition coefficient (Wildman–Crippen LogP) is 2.92. The average molecular weight is 361 g/mol. The fourth-order valence-electron chi connectivity index (χ4n) is 3.27. The molecule has 8 heteroatoms. The maximum Gasteiger partial charge on any atom is 0.227 e. The molecular weight excluding hydrogens is 342 g/mol. The average Bonchev–Trinajstić information content (AvgIpc) is 3.12. The second kappa shape index (κ2) is 6.00. The zero-order valence-corrected chi connectivity index (χ0v) is 15.3. The topological polar surface area (TPSA) is 86.2 Å². The fraction of sp³-hybridized carbons (Fsp3) is 0.500. The fourth-order valence-corrected chi connectivity index (χ4v) is 5.21. The largest absolute Gasteiger partial charge is 0.369 e. The number of carbonyl (C=O) groups excluding carboxylic acids is 1. The Morgan fingerprint density at radius 2 is 2.12 bits per heavy atom. The van der Waals surface area contributed by atoms with Gasteiger partial charge in [-0.1, -0.05) is 25.6 Å². The van der Waals surface area contributed by atoms with Crippen molar-refractivity contribution in [1.29, 1.82) is 0 Å². The number of amides is 1. The van der Waals surface area contributed by atoms with Crippen molar-refractivity contribution in [2.75, 3.05) is 5.75 Å². The molecule has 3 aromatic heterocycles. The third kappa shape index (κ3) is 2.48. The number of rotatable bonds is 4. The van der Waals surface area contributed by atoms with Crippen LogP contribution in [0.25, 0.3) is 15.9 Å². The lowest BCUT2D eigenvalue weighted by Gasteiger charge is -2.12. The van der Waals surface area contributed by atoms with Gasteiger partial charge in [-0.15, -0.1) is 21.5 Å². The first-order valence-corrected chi connectivity index (χ1v) is 9.97. The maximum atomic E-state index is 11.1. The van der Waals surface area contributed by atoms with Crippen molar-refractivity contribution in [2.24, 2.45) is 5.73 Å². The van der Waals surface area contributed by atoms with Gasteiger partial charge in [0.05, 0.1) is 11.1 Å². The second-order valence-corrected chi connectivity index (χ2v) is 8.44. The Hall–Kier alpha value is -1.67. The van der Waals surface area contributed by atoms with E-state index in [2.05, 4.69) is 24.0 Å². The number of carbonyl (C=O) groups is 1. The number of nitrogens with zero attached hydrogens (tertiary/aromatic N) is 4. The molecule has 0 unspecified atom stereocenters. The molecule has 0 bridgehead atoms. The van der Waals surface area contributed by atoms with Gasteiger partial charge in [-0.3, -0.25) is 9.20 Å². The quantitative estimate of drug-likeness (QED) is 0.722. The molecule has 126 valence electrons. The first-order valence-electron chi connectivity index (χ1n) is 8.16. The first-order chi connectivity index (χ1) is 11.6. The Morgan fingerprint density at radius 3 is 2.88 bits per heavy atom. The van der Waals surface area contributed by atoms with Gasteiger partial charge in [0.2, 0.25) is 5.91 Å². The molecule has 0 saturated carbocycles. The molecule has 0 spiro atoms. The zero-order valence-electron chi connectivity index (χ0n) is 13.7. The van der Waals surface area contributed by atoms with Gasteiger partial charge in [-0.25, -0.2) is 4.98 Å². The highest BCUT2D eigenvalue weighted by atomic mass is 32.2. The number of hydrogen-bond donors (Lipinski definition) is 1. The summed E-state index contributed by atoms with van der Waals surface area (Å²) in [7, 11) is 0. The van der Waals surface area contributed by atoms with Crippen LogP contribution in [0, 0.1) is 0 Å². The monoisotopic (exact) mass is 361 g/mol. The Kier molecular flexibility index (Phi) is 3.96. The van der Waals surface area contributed by atoms with Gasteiger partial charge < -0.3 is 5.73 Å². The second-order valence-electron chi connectivity index (χ2n) is 6.41. The Bertz CT molecular complexity index is 943. The van der Waals surface area contributed by atoms with Gasteiger partial charge >= 0.3 is 0 Å². The summed E-state index contributed by atoms with van der Waals surface area (Å²) in [5.41, 5.74) is 7.55. The molecule has 1 amide bonds. The molecule has 24 heavy (non-hydrogen) atoms. The lowest BCUT2D eigenvalue weighted by molar-refractivity contribution is -0.115. The van der Waals surface area contributed by atoms with Crippen LogP contribution in [-0.4, -0.2) is 31.2 Å². The molecule has 1 aliphatic rings. The predicted molar refractivity (Wildman–Crippen MR) is 96.8 cm³/mol. The summed E-state index contributed by atoms with van der Waals surface area (Å²) in [6.45, 7) is 4.23. The van der Waals surface area contributed by atoms with Crippen LogP contribution in [0.3, 0.4) is 0 Å². The molecule has 0 saturated heterocycles. The van der Waals surface area contributed by atoms with E-state index in [1.54, 1.807) is 11.3 Å². The van der Waals surface area contributed by atoms with E-state index in [4.69, 9.17) is 10.7 Å². The van der Waals surface area contributed by atoms with E-state index in [1.807, 2.05) is 4.40 Å². The van der Waals surface area contributed by atoms with E-state index in [1.165, 1.54) is 35.0 Å². The van der Waals surface area contributed by atoms with Gasteiger partial charge in [-0.05, 0) is 31.2 Å². The van der Waals surface area contributed by atoms with Gasteiger partial charge in [0.25, 0.3) is 0 Å². The Labute approximate surface area is 147 Å². The molecule has 0 radical (unpaired) electrons. The Balaban J connectivity index is 1.99. The molecule has 3 aromatic rings. The highest BCUT2D eigenvalue weighted by Crippen LogP contribution is 2.39. The molecule has 4 rings (SSSR count). The van der Waals surface area contributed by atoms with Crippen LogP contribution in [0.1, 0.15) is 48.9 Å². The molecule has 0 aromatic carbocycles. The molecular formula is C16H19N5OS2. The minimum atomic E-state index is -0.357. The number of fused-ring (bicyclic) bond motifs is 5. The number of aromatic nitrogens is 4. The lowest BCUT2D eigenvalue weighted by atomic mass is 9.97. The van der Waals surface area contributed by atoms with Crippen LogP contribution in [0.15, 0.2) is 5.16 Å². The van der Waals surface area contributed by atoms with Crippen LogP contribution in [0.4, 0.5) is 0 Å². The summed E-state index contributed by atoms with van der Waals surface area (Å²) >= 11 is 3.12. The SMILES string of the molecule is CC(C)c1nc2sc3c(c2c2nnc(SCC(N)=O)n12)CCCC3. The molecule has 0 aliphatic heterocycles. The molecule has 1 aliphatic carbocycles. The zero-order chi connectivity index (χ0) is 16.8. The molecule has 6 nitrogen and oxygen atoms in total. The summed E-state index contributed by atoms with van der Waals surface area (Å²) < 4.78 is 2.02. The maximum absolute atomic E-state index is 11.1. The van der Waals surface area contributed by atoms with E-state index in [0.717, 1.165) is 34.5 Å². The number of primary amides is 1. The van der Waals surface area contributed by atoms with Crippen molar-refractivity contribution in [3.8, 4) is 0 Å². The highest BCUT2D eigenvalue weighted by molar-refractivity contribution is 7.99. The lowest BCUT2D eigenvalue weighted by Crippen LogP contribution is -2.14. The normalized spacial score (nSPS) is 14.6. The molecule has 0 fully saturated rings. The third-order valence-electron chi connectivity index (χ3n) is 4.31. The number of aryl methyl sites for hydroxylation is 2. The van der Waals surface area contributed by atoms with Crippen molar-refractivity contribution < 1.29 is 4.79 Å². The standard InChI is InChI=1S/C16H19N5OS2/c1-8(2)13-18-15-12(9-5-3-4-6-10(9)24-15)14-19-20-16(21(13)14)23-7-11(17)22/h8H,3-7H2,1-2H3,(H2,17,22). The summed E-state index contributed by atoms with van der Waals surface area (Å²) in [6.07, 6.45) is 4.69. The van der Waals surface area contributed by atoms with E-state index in [0.29, 0.717) is 5.16 Å². The molecule has 2 N–H and O–H groups in total. The number of thiophene rings is 1. The van der Waals surface area contributed by atoms with Crippen LogP contribution in [0.2, 0.25) is 0 Å². The van der Waals surface area contributed by atoms with Crippen LogP contribution < -0.4 is 5.73 Å². The van der Waals surface area contributed by atoms with Crippen molar-refractivity contribution in [3.05, 3.63) is 16.3 Å². The first kappa shape index (κ1) is 15.8. The number of nitrogens with two attached hydrogens (primary N) is 1. The van der Waals surface area contributed by atoms with Crippen molar-refractivity contribution in [1.82, 2.24) is 19.6 Å². The minimum Gasteiger partial charge on any atom is -0.369 e. The minimum absolute atomic E-state index is 0.193. The Morgan fingerprint density at radius 1 is 1.33 bits per heavy atom. The van der Waals surface area contributed by atoms with Crippen molar-refractivity contribution >= 4 is 44.9 Å². The van der Waals surface area contributed by atoms with E-state index in [9.17, 15) is 4.79 Å². The third-order valence-corrected chi connectivity index (χ3v) is 6.45. The summed E-state index contributed by atoms with van der Waals surface area (Å²) in [5, 5.41) is 10.6. The van der Waals surface area contributed by atoms with E-state index in [-0.39, 0.29) is 17.6 Å². The van der Waals surface area contributed by atoms with Crippen molar-refractivity contribution in [3.63, 3.8) is 0 Å². The van der Waals surface area contributed by atoms with Crippen LogP contribution in [-0.2, 0) is 17.6 Å². The van der Waals surface area contributed by atoms with Crippen LogP contribution >= 0.6 is 23.1 Å². The molecule has 3 heterocycles. The highest BCUT2D eigenvalue weighted by Gasteiger charge is 2.24. The van der Waals surface area contributed by atoms with E-state index >= 15 is 0 Å². The van der Waals surface area contributed by atoms with Gasteiger partial charge in [0, 0.05) is 10.8 Å². The van der Waals surface area contributed by atoms with Gasteiger partial charge in [-0.2, -0.15) is 0 Å². The smallest absolute Gasteiger partial charge is 0.227 e. The van der Waals surface area contributed by atoms with Gasteiger partial charge in [0.1, 0.15) is 10.7 Å². The van der Waals surface area contributed by atoms with Crippen LogP contribution in [0.5, 0.6) is 0 Å². The summed E-state index contributed by atoms with van der Waals surface area (Å²) in [5.74, 6) is 1.01. The number of thioether (sulfide) groups is 1. The number of hydrogen-bond acceptors (Lipinski definition) is 6. The molecule has 0 atom stereocenters. The van der Waals surface area contributed by atoms with Gasteiger partial charge in [0.15, 0.2) is 10.8 Å².